The van der Waals surface area contributed by atoms with Gasteiger partial charge in [-0.25, -0.2) is 16.8 Å². The van der Waals surface area contributed by atoms with Crippen LogP contribution in [0.3, 0.4) is 0 Å². The Labute approximate surface area is 180 Å². The molecule has 2 fully saturated rings. The van der Waals surface area contributed by atoms with Crippen LogP contribution >= 0.6 is 0 Å². The summed E-state index contributed by atoms with van der Waals surface area (Å²) in [5, 5.41) is -0.537. The molecule has 2 aromatic rings. The minimum Gasteiger partial charge on any atom is -0.223 e. The standard InChI is InChI=1S/C23H29NO4S2/c1-15-12-16(2)18(4)23(17(15)3)30(27,28)24-19-10-11-20(24)14-22(13-19)29(25,26)21-8-6-5-7-9-21/h5-9,12,19-20,22H,10-11,13-14H2,1-4H3/t19-,20-/m1/s1. The van der Waals surface area contributed by atoms with E-state index in [0.29, 0.717) is 35.5 Å². The van der Waals surface area contributed by atoms with Crippen LogP contribution in [-0.4, -0.2) is 38.5 Å². The summed E-state index contributed by atoms with van der Waals surface area (Å²) >= 11 is 0. The molecule has 0 saturated carbocycles. The first-order valence-corrected chi connectivity index (χ1v) is 13.4. The average Bonchev–Trinajstić information content (AvgIpc) is 2.98. The minimum atomic E-state index is -3.70. The molecule has 2 bridgehead atoms. The van der Waals surface area contributed by atoms with Crippen molar-refractivity contribution in [1.82, 2.24) is 4.31 Å². The van der Waals surface area contributed by atoms with E-state index in [2.05, 4.69) is 0 Å². The third kappa shape index (κ3) is 3.31. The molecule has 7 heteroatoms. The van der Waals surface area contributed by atoms with Gasteiger partial charge in [0.25, 0.3) is 0 Å². The van der Waals surface area contributed by atoms with Crippen LogP contribution in [-0.2, 0) is 19.9 Å². The Balaban J connectivity index is 1.70. The van der Waals surface area contributed by atoms with Crippen LogP contribution in [0.5, 0.6) is 0 Å². The van der Waals surface area contributed by atoms with Gasteiger partial charge in [-0.1, -0.05) is 24.3 Å². The highest BCUT2D eigenvalue weighted by Crippen LogP contribution is 2.44. The summed E-state index contributed by atoms with van der Waals surface area (Å²) in [5.41, 5.74) is 3.50. The van der Waals surface area contributed by atoms with E-state index in [4.69, 9.17) is 0 Å². The first kappa shape index (κ1) is 21.5. The molecule has 0 spiro atoms. The maximum Gasteiger partial charge on any atom is 0.244 e. The largest absolute Gasteiger partial charge is 0.244 e. The lowest BCUT2D eigenvalue weighted by molar-refractivity contribution is 0.248. The number of nitrogens with zero attached hydrogens (tertiary/aromatic N) is 1. The van der Waals surface area contributed by atoms with Crippen LogP contribution in [0.2, 0.25) is 0 Å². The summed E-state index contributed by atoms with van der Waals surface area (Å²) in [6, 6.07) is 10.0. The highest BCUT2D eigenvalue weighted by atomic mass is 32.2. The third-order valence-electron chi connectivity index (χ3n) is 6.97. The lowest BCUT2D eigenvalue weighted by Crippen LogP contribution is -2.49. The Kier molecular flexibility index (Phi) is 5.36. The fourth-order valence-electron chi connectivity index (χ4n) is 5.21. The molecule has 30 heavy (non-hydrogen) atoms. The molecule has 0 aromatic heterocycles. The van der Waals surface area contributed by atoms with Gasteiger partial charge >= 0.3 is 0 Å². The molecular weight excluding hydrogens is 418 g/mol. The molecule has 0 amide bonds. The van der Waals surface area contributed by atoms with Gasteiger partial charge in [0.2, 0.25) is 10.0 Å². The topological polar surface area (TPSA) is 71.5 Å². The van der Waals surface area contributed by atoms with Crippen LogP contribution in [0.4, 0.5) is 0 Å². The van der Waals surface area contributed by atoms with Gasteiger partial charge in [-0.05, 0) is 87.8 Å². The second-order valence-electron chi connectivity index (χ2n) is 8.76. The predicted molar refractivity (Wildman–Crippen MR) is 118 cm³/mol. The second-order valence-corrected chi connectivity index (χ2v) is 12.8. The van der Waals surface area contributed by atoms with Crippen molar-refractivity contribution in [2.75, 3.05) is 0 Å². The number of sulfone groups is 1. The monoisotopic (exact) mass is 447 g/mol. The van der Waals surface area contributed by atoms with E-state index in [1.165, 1.54) is 0 Å². The smallest absolute Gasteiger partial charge is 0.223 e. The number of rotatable bonds is 4. The van der Waals surface area contributed by atoms with E-state index in [1.54, 1.807) is 34.6 Å². The number of benzene rings is 2. The number of fused-ring (bicyclic) bond motifs is 2. The van der Waals surface area contributed by atoms with Crippen molar-refractivity contribution in [3.05, 3.63) is 58.7 Å². The van der Waals surface area contributed by atoms with Gasteiger partial charge in [-0.2, -0.15) is 4.31 Å². The second kappa shape index (κ2) is 7.46. The van der Waals surface area contributed by atoms with E-state index in [9.17, 15) is 16.8 Å². The minimum absolute atomic E-state index is 0.267. The Hall–Kier alpha value is -1.70. The molecule has 2 atom stereocenters. The van der Waals surface area contributed by atoms with Gasteiger partial charge in [0, 0.05) is 12.1 Å². The number of hydrogen-bond acceptors (Lipinski definition) is 4. The summed E-state index contributed by atoms with van der Waals surface area (Å²) in [7, 11) is -7.17. The number of sulfonamides is 1. The molecule has 0 radical (unpaired) electrons. The molecule has 0 unspecified atom stereocenters. The van der Waals surface area contributed by atoms with Crippen molar-refractivity contribution in [3.63, 3.8) is 0 Å². The predicted octanol–water partition coefficient (Wildman–Crippen LogP) is 4.08. The molecule has 4 rings (SSSR count). The fourth-order valence-corrected chi connectivity index (χ4v) is 9.55. The lowest BCUT2D eigenvalue weighted by atomic mass is 10.0. The molecule has 0 aliphatic carbocycles. The highest BCUT2D eigenvalue weighted by molar-refractivity contribution is 7.92. The summed E-state index contributed by atoms with van der Waals surface area (Å²) in [4.78, 5) is 0.730. The maximum absolute atomic E-state index is 13.8. The molecule has 0 N–H and O–H groups in total. The first-order valence-electron chi connectivity index (χ1n) is 10.4. The molecule has 2 aliphatic heterocycles. The van der Waals surface area contributed by atoms with Crippen molar-refractivity contribution < 1.29 is 16.8 Å². The lowest BCUT2D eigenvalue weighted by Gasteiger charge is -2.38. The average molecular weight is 448 g/mol. The molecule has 2 heterocycles. The molecular formula is C23H29NO4S2. The van der Waals surface area contributed by atoms with Gasteiger partial charge < -0.3 is 0 Å². The molecule has 2 saturated heterocycles. The Morgan fingerprint density at radius 1 is 0.800 bits per heavy atom. The Bertz CT molecular complexity index is 1150. The van der Waals surface area contributed by atoms with Gasteiger partial charge in [-0.3, -0.25) is 0 Å². The van der Waals surface area contributed by atoms with Crippen LogP contribution < -0.4 is 0 Å². The van der Waals surface area contributed by atoms with Crippen LogP contribution in [0.15, 0.2) is 46.2 Å². The number of hydrogen-bond donors (Lipinski definition) is 0. The fraction of sp³-hybridized carbons (Fsp3) is 0.478. The van der Waals surface area contributed by atoms with Gasteiger partial charge in [0.1, 0.15) is 0 Å². The highest BCUT2D eigenvalue weighted by Gasteiger charge is 2.50. The normalized spacial score (nSPS) is 24.9. The summed E-state index contributed by atoms with van der Waals surface area (Å²) in [5.74, 6) is 0. The van der Waals surface area contributed by atoms with Crippen molar-refractivity contribution >= 4 is 19.9 Å². The van der Waals surface area contributed by atoms with Gasteiger partial charge in [0.15, 0.2) is 9.84 Å². The molecule has 2 aliphatic rings. The summed E-state index contributed by atoms with van der Waals surface area (Å²) in [6.45, 7) is 7.61. The van der Waals surface area contributed by atoms with E-state index in [0.717, 1.165) is 22.3 Å². The molecule has 5 nitrogen and oxygen atoms in total. The zero-order chi connectivity index (χ0) is 21.8. The quantitative estimate of drug-likeness (QED) is 0.708. The van der Waals surface area contributed by atoms with E-state index < -0.39 is 25.1 Å². The van der Waals surface area contributed by atoms with Crippen LogP contribution in [0, 0.1) is 27.7 Å². The maximum atomic E-state index is 13.8. The third-order valence-corrected chi connectivity index (χ3v) is 11.4. The van der Waals surface area contributed by atoms with Gasteiger partial charge in [-0.15, -0.1) is 0 Å². The van der Waals surface area contributed by atoms with Crippen molar-refractivity contribution in [2.24, 2.45) is 0 Å². The van der Waals surface area contributed by atoms with Crippen LogP contribution in [0.25, 0.3) is 0 Å². The van der Waals surface area contributed by atoms with Crippen LogP contribution in [0.1, 0.15) is 47.9 Å². The zero-order valence-electron chi connectivity index (χ0n) is 17.9. The van der Waals surface area contributed by atoms with Crippen molar-refractivity contribution in [1.29, 1.82) is 0 Å². The Morgan fingerprint density at radius 3 is 1.80 bits per heavy atom. The van der Waals surface area contributed by atoms with Crippen molar-refractivity contribution in [3.8, 4) is 0 Å². The first-order chi connectivity index (χ1) is 14.0. The number of piperidine rings is 1. The van der Waals surface area contributed by atoms with E-state index in [-0.39, 0.29) is 12.1 Å². The summed E-state index contributed by atoms with van der Waals surface area (Å²) in [6.07, 6.45) is 2.15. The molecule has 162 valence electrons. The SMILES string of the molecule is Cc1cc(C)c(C)c(S(=O)(=O)N2[C@@H]3CC[C@@H]2CC(S(=O)(=O)c2ccccc2)C3)c1C. The van der Waals surface area contributed by atoms with E-state index in [1.807, 2.05) is 33.8 Å². The van der Waals surface area contributed by atoms with Gasteiger partial charge in [0.05, 0.1) is 15.0 Å². The zero-order valence-corrected chi connectivity index (χ0v) is 19.6. The van der Waals surface area contributed by atoms with Crippen molar-refractivity contribution in [2.45, 2.75) is 80.5 Å². The van der Waals surface area contributed by atoms with E-state index >= 15 is 0 Å². The Morgan fingerprint density at radius 2 is 1.30 bits per heavy atom. The molecule has 2 aromatic carbocycles. The number of aryl methyl sites for hydroxylation is 2. The summed E-state index contributed by atoms with van der Waals surface area (Å²) < 4.78 is 55.6.